The quantitative estimate of drug-likeness (QED) is 0.487. The summed E-state index contributed by atoms with van der Waals surface area (Å²) in [5, 5.41) is 4.51. The van der Waals surface area contributed by atoms with E-state index in [2.05, 4.69) is 15.1 Å². The van der Waals surface area contributed by atoms with Crippen molar-refractivity contribution in [1.29, 1.82) is 0 Å². The Labute approximate surface area is 153 Å². The highest BCUT2D eigenvalue weighted by Gasteiger charge is 2.19. The fraction of sp³-hybridized carbons (Fsp3) is 0.0556. The maximum Gasteiger partial charge on any atom is 0.318 e. The zero-order valence-electron chi connectivity index (χ0n) is 12.9. The van der Waals surface area contributed by atoms with Crippen LogP contribution in [0.25, 0.3) is 22.3 Å². The van der Waals surface area contributed by atoms with Crippen LogP contribution in [0.1, 0.15) is 5.56 Å². The van der Waals surface area contributed by atoms with Gasteiger partial charge in [0.15, 0.2) is 5.15 Å². The third kappa shape index (κ3) is 3.16. The van der Waals surface area contributed by atoms with Crippen molar-refractivity contribution >= 4 is 34.4 Å². The number of hydrogen-bond donors (Lipinski definition) is 0. The molecule has 7 heteroatoms. The van der Waals surface area contributed by atoms with Gasteiger partial charge in [-0.3, -0.25) is 0 Å². The van der Waals surface area contributed by atoms with Crippen molar-refractivity contribution < 1.29 is 4.74 Å². The molecule has 0 fully saturated rings. The maximum absolute atomic E-state index is 6.27. The van der Waals surface area contributed by atoms with Crippen molar-refractivity contribution in [2.45, 2.75) is 6.61 Å². The SMILES string of the molecule is Clc1nc(OCc2ccccc2)nc2c(-c3ccccc3)nn(Cl)c12. The Hall–Kier alpha value is -2.63. The van der Waals surface area contributed by atoms with Crippen LogP contribution in [0, 0.1) is 0 Å². The Morgan fingerprint density at radius 3 is 2.32 bits per heavy atom. The van der Waals surface area contributed by atoms with Gasteiger partial charge in [0.25, 0.3) is 0 Å². The van der Waals surface area contributed by atoms with Gasteiger partial charge in [0.2, 0.25) is 0 Å². The minimum atomic E-state index is 0.184. The smallest absolute Gasteiger partial charge is 0.318 e. The molecule has 0 spiro atoms. The Morgan fingerprint density at radius 1 is 0.920 bits per heavy atom. The van der Waals surface area contributed by atoms with Crippen LogP contribution >= 0.6 is 23.4 Å². The number of nitrogens with zero attached hydrogens (tertiary/aromatic N) is 4. The van der Waals surface area contributed by atoms with Crippen LogP contribution in [0.4, 0.5) is 0 Å². The minimum absolute atomic E-state index is 0.184. The number of benzene rings is 2. The average Bonchev–Trinajstić information content (AvgIpc) is 2.99. The van der Waals surface area contributed by atoms with Crippen molar-refractivity contribution in [2.24, 2.45) is 0 Å². The Morgan fingerprint density at radius 2 is 1.60 bits per heavy atom. The highest BCUT2D eigenvalue weighted by atomic mass is 35.5. The molecular weight excluding hydrogens is 359 g/mol. The van der Waals surface area contributed by atoms with Crippen molar-refractivity contribution in [2.75, 3.05) is 0 Å². The fourth-order valence-corrected chi connectivity index (χ4v) is 3.02. The summed E-state index contributed by atoms with van der Waals surface area (Å²) >= 11 is 12.4. The molecule has 5 nitrogen and oxygen atoms in total. The largest absolute Gasteiger partial charge is 0.459 e. The highest BCUT2D eigenvalue weighted by Crippen LogP contribution is 2.32. The van der Waals surface area contributed by atoms with Crippen LogP contribution in [0.3, 0.4) is 0 Å². The molecule has 0 saturated heterocycles. The molecule has 0 radical (unpaired) electrons. The second-order valence-corrected chi connectivity index (χ2v) is 6.02. The summed E-state index contributed by atoms with van der Waals surface area (Å²) in [6, 6.07) is 19.6. The van der Waals surface area contributed by atoms with Crippen molar-refractivity contribution in [3.05, 3.63) is 71.4 Å². The van der Waals surface area contributed by atoms with Gasteiger partial charge in [0, 0.05) is 17.3 Å². The van der Waals surface area contributed by atoms with Gasteiger partial charge >= 0.3 is 6.01 Å². The first-order valence-corrected chi connectivity index (χ1v) is 8.28. The van der Waals surface area contributed by atoms with E-state index in [-0.39, 0.29) is 11.2 Å². The van der Waals surface area contributed by atoms with E-state index < -0.39 is 0 Å². The molecule has 4 rings (SSSR count). The molecule has 4 aromatic rings. The van der Waals surface area contributed by atoms with Crippen LogP contribution in [0.5, 0.6) is 6.01 Å². The van der Waals surface area contributed by atoms with E-state index in [0.717, 1.165) is 11.1 Å². The Kier molecular flexibility index (Phi) is 4.26. The van der Waals surface area contributed by atoms with E-state index in [1.807, 2.05) is 60.7 Å². The predicted octanol–water partition coefficient (Wildman–Crippen LogP) is 4.73. The van der Waals surface area contributed by atoms with Gasteiger partial charge in [0.1, 0.15) is 23.3 Å². The second-order valence-electron chi connectivity index (χ2n) is 5.34. The molecule has 0 bridgehead atoms. The van der Waals surface area contributed by atoms with Crippen LogP contribution in [-0.4, -0.2) is 19.3 Å². The predicted molar refractivity (Wildman–Crippen MR) is 97.8 cm³/mol. The molecule has 25 heavy (non-hydrogen) atoms. The Bertz CT molecular complexity index is 1020. The van der Waals surface area contributed by atoms with Crippen molar-refractivity contribution in [3.8, 4) is 17.3 Å². The van der Waals surface area contributed by atoms with Crippen LogP contribution in [0.15, 0.2) is 60.7 Å². The number of hydrogen-bond acceptors (Lipinski definition) is 4. The Balaban J connectivity index is 1.75. The molecule has 0 atom stereocenters. The monoisotopic (exact) mass is 370 g/mol. The molecule has 0 aliphatic heterocycles. The van der Waals surface area contributed by atoms with Gasteiger partial charge in [-0.05, 0) is 5.56 Å². The molecule has 0 amide bonds. The van der Waals surface area contributed by atoms with E-state index in [9.17, 15) is 0 Å². The van der Waals surface area contributed by atoms with Crippen LogP contribution in [0.2, 0.25) is 5.15 Å². The average molecular weight is 371 g/mol. The first-order chi connectivity index (χ1) is 12.2. The number of fused-ring (bicyclic) bond motifs is 1. The molecule has 124 valence electrons. The van der Waals surface area contributed by atoms with Gasteiger partial charge in [0.05, 0.1) is 0 Å². The lowest BCUT2D eigenvalue weighted by atomic mass is 10.1. The molecule has 0 saturated carbocycles. The van der Waals surface area contributed by atoms with E-state index in [1.54, 1.807) is 0 Å². The summed E-state index contributed by atoms with van der Waals surface area (Å²) in [4.78, 5) is 8.63. The number of aromatic nitrogens is 4. The van der Waals surface area contributed by atoms with Crippen LogP contribution in [-0.2, 0) is 6.61 Å². The van der Waals surface area contributed by atoms with Gasteiger partial charge < -0.3 is 4.74 Å². The summed E-state index contributed by atoms with van der Waals surface area (Å²) in [6.45, 7) is 0.346. The minimum Gasteiger partial charge on any atom is -0.459 e. The molecule has 2 aromatic carbocycles. The molecule has 0 aliphatic rings. The van der Waals surface area contributed by atoms with E-state index in [1.165, 1.54) is 4.20 Å². The lowest BCUT2D eigenvalue weighted by Gasteiger charge is -2.05. The zero-order chi connectivity index (χ0) is 17.2. The number of ether oxygens (including phenoxy) is 1. The summed E-state index contributed by atoms with van der Waals surface area (Å²) in [7, 11) is 0. The van der Waals surface area contributed by atoms with Crippen molar-refractivity contribution in [1.82, 2.24) is 19.3 Å². The zero-order valence-corrected chi connectivity index (χ0v) is 14.4. The third-order valence-electron chi connectivity index (χ3n) is 3.68. The first-order valence-electron chi connectivity index (χ1n) is 7.57. The molecule has 2 aromatic heterocycles. The maximum atomic E-state index is 6.27. The van der Waals surface area contributed by atoms with Crippen molar-refractivity contribution in [3.63, 3.8) is 0 Å². The topological polar surface area (TPSA) is 52.8 Å². The molecule has 0 aliphatic carbocycles. The van der Waals surface area contributed by atoms with E-state index >= 15 is 0 Å². The van der Waals surface area contributed by atoms with Gasteiger partial charge in [-0.1, -0.05) is 72.3 Å². The molecule has 2 heterocycles. The molecule has 0 unspecified atom stereocenters. The van der Waals surface area contributed by atoms with Gasteiger partial charge in [-0.2, -0.15) is 19.3 Å². The lowest BCUT2D eigenvalue weighted by molar-refractivity contribution is 0.282. The van der Waals surface area contributed by atoms with Gasteiger partial charge in [-0.25, -0.2) is 0 Å². The molecular formula is C18H12Cl2N4O. The summed E-state index contributed by atoms with van der Waals surface area (Å²) in [5.74, 6) is 0. The van der Waals surface area contributed by atoms with E-state index in [0.29, 0.717) is 23.3 Å². The van der Waals surface area contributed by atoms with Gasteiger partial charge in [-0.15, -0.1) is 0 Å². The highest BCUT2D eigenvalue weighted by molar-refractivity contribution is 6.35. The lowest BCUT2D eigenvalue weighted by Crippen LogP contribution is -2.00. The van der Waals surface area contributed by atoms with Crippen LogP contribution < -0.4 is 4.74 Å². The standard InChI is InChI=1S/C18H12Cl2N4O/c19-17-16-15(14(23-24(16)20)13-9-5-2-6-10-13)21-18(22-17)25-11-12-7-3-1-4-8-12/h1-10H,11H2. The van der Waals surface area contributed by atoms with E-state index in [4.69, 9.17) is 28.1 Å². The summed E-state index contributed by atoms with van der Waals surface area (Å²) < 4.78 is 6.86. The number of halogens is 2. The molecule has 0 N–H and O–H groups in total. The fourth-order valence-electron chi connectivity index (χ4n) is 2.50. The second kappa shape index (κ2) is 6.70. The summed E-state index contributed by atoms with van der Waals surface area (Å²) in [5.41, 5.74) is 3.52. The number of rotatable bonds is 4. The third-order valence-corrected chi connectivity index (χ3v) is 4.18. The summed E-state index contributed by atoms with van der Waals surface area (Å²) in [6.07, 6.45) is 0. The normalized spacial score (nSPS) is 11.0. The first kappa shape index (κ1) is 15.9.